The number of hydrogen-bond donors (Lipinski definition) is 1. The van der Waals surface area contributed by atoms with Crippen molar-refractivity contribution in [2.75, 3.05) is 18.5 Å². The minimum atomic E-state index is 0.0787. The normalized spacial score (nSPS) is 25.2. The molecule has 1 aliphatic rings. The molecule has 88 valence electrons. The van der Waals surface area contributed by atoms with Gasteiger partial charge >= 0.3 is 0 Å². The van der Waals surface area contributed by atoms with Gasteiger partial charge in [-0.2, -0.15) is 0 Å². The number of rotatable bonds is 4. The van der Waals surface area contributed by atoms with Crippen LogP contribution in [0.5, 0.6) is 0 Å². The van der Waals surface area contributed by atoms with Crippen LogP contribution in [-0.2, 0) is 0 Å². The Labute approximate surface area is 97.7 Å². The minimum absolute atomic E-state index is 0.0787. The zero-order valence-electron chi connectivity index (χ0n) is 10.4. The number of anilines is 1. The van der Waals surface area contributed by atoms with E-state index >= 15 is 0 Å². The summed E-state index contributed by atoms with van der Waals surface area (Å²) in [7, 11) is 2.11. The van der Waals surface area contributed by atoms with Crippen LogP contribution in [0, 0.1) is 11.8 Å². The molecule has 1 aromatic heterocycles. The highest BCUT2D eigenvalue weighted by Crippen LogP contribution is 2.38. The van der Waals surface area contributed by atoms with Crippen LogP contribution in [0.2, 0.25) is 0 Å². The summed E-state index contributed by atoms with van der Waals surface area (Å²) >= 11 is 0. The molecule has 0 bridgehead atoms. The number of nitrogens with zero attached hydrogens (tertiary/aromatic N) is 2. The van der Waals surface area contributed by atoms with E-state index in [-0.39, 0.29) is 6.04 Å². The number of aromatic nitrogens is 1. The first kappa shape index (κ1) is 11.4. The van der Waals surface area contributed by atoms with Gasteiger partial charge < -0.3 is 10.6 Å². The van der Waals surface area contributed by atoms with Gasteiger partial charge in [-0.3, -0.25) is 0 Å². The fourth-order valence-electron chi connectivity index (χ4n) is 2.02. The maximum Gasteiger partial charge on any atom is 0.128 e. The lowest BCUT2D eigenvalue weighted by molar-refractivity contribution is 0.717. The summed E-state index contributed by atoms with van der Waals surface area (Å²) in [5.74, 6) is 2.78. The molecule has 1 fully saturated rings. The fourth-order valence-corrected chi connectivity index (χ4v) is 2.02. The molecule has 0 aromatic carbocycles. The predicted octanol–water partition coefficient (Wildman–Crippen LogP) is 2.19. The Balaban J connectivity index is 2.04. The van der Waals surface area contributed by atoms with E-state index in [1.165, 1.54) is 6.42 Å². The Morgan fingerprint density at radius 1 is 1.62 bits per heavy atom. The van der Waals surface area contributed by atoms with Gasteiger partial charge in [0.05, 0.1) is 0 Å². The molecular formula is C13H21N3. The molecule has 3 unspecified atom stereocenters. The zero-order chi connectivity index (χ0) is 11.7. The maximum absolute atomic E-state index is 5.87. The molecule has 1 aliphatic carbocycles. The van der Waals surface area contributed by atoms with Gasteiger partial charge in [-0.1, -0.05) is 6.92 Å². The second-order valence-electron chi connectivity index (χ2n) is 5.09. The summed E-state index contributed by atoms with van der Waals surface area (Å²) in [6.45, 7) is 5.42. The summed E-state index contributed by atoms with van der Waals surface area (Å²) in [5, 5.41) is 0. The van der Waals surface area contributed by atoms with Crippen LogP contribution in [-0.4, -0.2) is 18.6 Å². The Kier molecular flexibility index (Phi) is 3.15. The summed E-state index contributed by atoms with van der Waals surface area (Å²) in [6.07, 6.45) is 3.21. The molecule has 1 aromatic rings. The predicted molar refractivity (Wildman–Crippen MR) is 67.4 cm³/mol. The van der Waals surface area contributed by atoms with Crippen molar-refractivity contribution in [3.05, 3.63) is 23.9 Å². The molecule has 0 saturated heterocycles. The van der Waals surface area contributed by atoms with Crippen molar-refractivity contribution in [3.63, 3.8) is 0 Å². The van der Waals surface area contributed by atoms with E-state index in [1.54, 1.807) is 0 Å². The number of pyridine rings is 1. The van der Waals surface area contributed by atoms with E-state index in [1.807, 2.05) is 19.2 Å². The summed E-state index contributed by atoms with van der Waals surface area (Å²) in [6, 6.07) is 4.16. The van der Waals surface area contributed by atoms with E-state index in [2.05, 4.69) is 29.9 Å². The minimum Gasteiger partial charge on any atom is -0.359 e. The van der Waals surface area contributed by atoms with E-state index in [0.717, 1.165) is 29.8 Å². The van der Waals surface area contributed by atoms with Crippen molar-refractivity contribution in [1.82, 2.24) is 4.98 Å². The third kappa shape index (κ3) is 2.53. The topological polar surface area (TPSA) is 42.1 Å². The average molecular weight is 219 g/mol. The van der Waals surface area contributed by atoms with Crippen molar-refractivity contribution < 1.29 is 0 Å². The van der Waals surface area contributed by atoms with Crippen LogP contribution >= 0.6 is 0 Å². The molecule has 3 heteroatoms. The Bertz CT molecular complexity index is 362. The van der Waals surface area contributed by atoms with Gasteiger partial charge in [0, 0.05) is 25.8 Å². The first-order chi connectivity index (χ1) is 7.58. The summed E-state index contributed by atoms with van der Waals surface area (Å²) in [5.41, 5.74) is 7.03. The van der Waals surface area contributed by atoms with Crippen molar-refractivity contribution in [2.24, 2.45) is 17.6 Å². The van der Waals surface area contributed by atoms with Gasteiger partial charge in [-0.25, -0.2) is 4.98 Å². The molecule has 0 spiro atoms. The second kappa shape index (κ2) is 4.42. The van der Waals surface area contributed by atoms with E-state index < -0.39 is 0 Å². The van der Waals surface area contributed by atoms with Crippen molar-refractivity contribution >= 4 is 5.82 Å². The Hall–Kier alpha value is -1.09. The van der Waals surface area contributed by atoms with Crippen LogP contribution in [0.25, 0.3) is 0 Å². The highest BCUT2D eigenvalue weighted by Gasteiger charge is 2.33. The zero-order valence-corrected chi connectivity index (χ0v) is 10.4. The lowest BCUT2D eigenvalue weighted by Crippen LogP contribution is -2.22. The van der Waals surface area contributed by atoms with Crippen molar-refractivity contribution in [1.29, 1.82) is 0 Å². The van der Waals surface area contributed by atoms with Crippen molar-refractivity contribution in [3.8, 4) is 0 Å². The van der Waals surface area contributed by atoms with E-state index in [9.17, 15) is 0 Å². The largest absolute Gasteiger partial charge is 0.359 e. The standard InChI is InChI=1S/C13H21N3/c1-9-6-12(9)8-16(3)13-7-11(10(2)14)4-5-15-13/h4-5,7,9-10,12H,6,8,14H2,1-3H3. The Morgan fingerprint density at radius 2 is 2.31 bits per heavy atom. The molecule has 0 amide bonds. The van der Waals surface area contributed by atoms with Gasteiger partial charge in [0.2, 0.25) is 0 Å². The van der Waals surface area contributed by atoms with Gasteiger partial charge in [-0.15, -0.1) is 0 Å². The average Bonchev–Trinajstić information content (AvgIpc) is 2.94. The molecular weight excluding hydrogens is 198 g/mol. The van der Waals surface area contributed by atoms with Crippen molar-refractivity contribution in [2.45, 2.75) is 26.3 Å². The second-order valence-corrected chi connectivity index (χ2v) is 5.09. The molecule has 2 rings (SSSR count). The molecule has 1 heterocycles. The van der Waals surface area contributed by atoms with Gasteiger partial charge in [-0.05, 0) is 42.9 Å². The molecule has 16 heavy (non-hydrogen) atoms. The molecule has 3 nitrogen and oxygen atoms in total. The number of nitrogens with two attached hydrogens (primary N) is 1. The van der Waals surface area contributed by atoms with Crippen LogP contribution in [0.3, 0.4) is 0 Å². The smallest absolute Gasteiger partial charge is 0.128 e. The van der Waals surface area contributed by atoms with E-state index in [0.29, 0.717) is 0 Å². The summed E-state index contributed by atoms with van der Waals surface area (Å²) in [4.78, 5) is 6.63. The SMILES string of the molecule is CC(N)c1ccnc(N(C)CC2CC2C)c1. The molecule has 0 aliphatic heterocycles. The van der Waals surface area contributed by atoms with Crippen LogP contribution < -0.4 is 10.6 Å². The maximum atomic E-state index is 5.87. The molecule has 0 radical (unpaired) electrons. The van der Waals surface area contributed by atoms with Gasteiger partial charge in [0.25, 0.3) is 0 Å². The Morgan fingerprint density at radius 3 is 2.88 bits per heavy atom. The first-order valence-electron chi connectivity index (χ1n) is 6.00. The fraction of sp³-hybridized carbons (Fsp3) is 0.615. The van der Waals surface area contributed by atoms with Crippen LogP contribution in [0.1, 0.15) is 31.9 Å². The monoisotopic (exact) mass is 219 g/mol. The quantitative estimate of drug-likeness (QED) is 0.844. The highest BCUT2D eigenvalue weighted by atomic mass is 15.2. The lowest BCUT2D eigenvalue weighted by Gasteiger charge is -2.19. The van der Waals surface area contributed by atoms with Crippen LogP contribution in [0.15, 0.2) is 18.3 Å². The molecule has 3 atom stereocenters. The van der Waals surface area contributed by atoms with Crippen LogP contribution in [0.4, 0.5) is 5.82 Å². The third-order valence-electron chi connectivity index (χ3n) is 3.47. The highest BCUT2D eigenvalue weighted by molar-refractivity contribution is 5.41. The molecule has 1 saturated carbocycles. The van der Waals surface area contributed by atoms with E-state index in [4.69, 9.17) is 5.73 Å². The lowest BCUT2D eigenvalue weighted by atomic mass is 10.1. The summed E-state index contributed by atoms with van der Waals surface area (Å²) < 4.78 is 0. The first-order valence-corrected chi connectivity index (χ1v) is 6.00. The van der Waals surface area contributed by atoms with Gasteiger partial charge in [0.1, 0.15) is 5.82 Å². The third-order valence-corrected chi connectivity index (χ3v) is 3.47. The number of hydrogen-bond acceptors (Lipinski definition) is 3. The molecule has 2 N–H and O–H groups in total. The van der Waals surface area contributed by atoms with Gasteiger partial charge in [0.15, 0.2) is 0 Å².